The van der Waals surface area contributed by atoms with Crippen molar-refractivity contribution in [1.29, 1.82) is 0 Å². The number of fused-ring (bicyclic) bond motifs is 1. The van der Waals surface area contributed by atoms with Gasteiger partial charge in [-0.15, -0.1) is 11.3 Å². The van der Waals surface area contributed by atoms with Crippen LogP contribution in [0.25, 0.3) is 16.5 Å². The molecule has 2 N–H and O–H groups in total. The standard InChI is InChI=1S/C24H27N5O2S2/c1-27-9-11-28(12-10-27)7-2-8-29-15-17-13-16(3-5-19(17)23(29)31)21-6-4-18(33-21)14-20-22(30)26-24(32)25-20/h3-6,13-14H,2,7-12,15H2,1H3,(H2,25,26,30,32)/b20-14+. The van der Waals surface area contributed by atoms with Crippen molar-refractivity contribution < 1.29 is 9.59 Å². The van der Waals surface area contributed by atoms with Gasteiger partial charge in [0.05, 0.1) is 0 Å². The molecular formula is C24H27N5O2S2. The van der Waals surface area contributed by atoms with Gasteiger partial charge >= 0.3 is 0 Å². The number of piperazine rings is 1. The molecule has 172 valence electrons. The maximum absolute atomic E-state index is 12.9. The highest BCUT2D eigenvalue weighted by Gasteiger charge is 2.27. The molecule has 7 nitrogen and oxygen atoms in total. The van der Waals surface area contributed by atoms with E-state index in [1.54, 1.807) is 11.3 Å². The predicted octanol–water partition coefficient (Wildman–Crippen LogP) is 2.35. The van der Waals surface area contributed by atoms with Crippen LogP contribution in [0.1, 0.15) is 27.2 Å². The molecule has 3 aliphatic rings. The Labute approximate surface area is 203 Å². The molecule has 2 aromatic rings. The molecule has 0 saturated carbocycles. The molecule has 3 aliphatic heterocycles. The van der Waals surface area contributed by atoms with E-state index in [2.05, 4.69) is 39.6 Å². The van der Waals surface area contributed by atoms with Crippen LogP contribution in [0, 0.1) is 0 Å². The zero-order valence-corrected chi connectivity index (χ0v) is 20.2. The van der Waals surface area contributed by atoms with Crippen molar-refractivity contribution in [2.24, 2.45) is 0 Å². The van der Waals surface area contributed by atoms with Crippen molar-refractivity contribution in [1.82, 2.24) is 25.3 Å². The van der Waals surface area contributed by atoms with Gasteiger partial charge in [0.1, 0.15) is 5.70 Å². The SMILES string of the molecule is CN1CCN(CCCN2Cc3cc(-c4ccc(/C=C5/NC(=S)NC5=O)s4)ccc3C2=O)CC1. The molecule has 0 radical (unpaired) electrons. The van der Waals surface area contributed by atoms with Crippen molar-refractivity contribution >= 4 is 46.6 Å². The van der Waals surface area contributed by atoms with E-state index in [-0.39, 0.29) is 11.8 Å². The third-order valence-electron chi connectivity index (χ3n) is 6.40. The normalized spacial score (nSPS) is 20.5. The van der Waals surface area contributed by atoms with Gasteiger partial charge in [-0.2, -0.15) is 0 Å². The Kier molecular flexibility index (Phi) is 6.29. The van der Waals surface area contributed by atoms with E-state index < -0.39 is 0 Å². The molecule has 0 bridgehead atoms. The molecule has 0 spiro atoms. The van der Waals surface area contributed by atoms with E-state index in [0.29, 0.717) is 17.4 Å². The molecule has 33 heavy (non-hydrogen) atoms. The number of hydrogen-bond donors (Lipinski definition) is 2. The first kappa shape index (κ1) is 22.2. The van der Waals surface area contributed by atoms with Gasteiger partial charge in [-0.1, -0.05) is 6.07 Å². The maximum Gasteiger partial charge on any atom is 0.273 e. The summed E-state index contributed by atoms with van der Waals surface area (Å²) in [5, 5.41) is 5.78. The minimum Gasteiger partial charge on any atom is -0.334 e. The first-order valence-electron chi connectivity index (χ1n) is 11.2. The van der Waals surface area contributed by atoms with Crippen molar-refractivity contribution in [3.8, 4) is 10.4 Å². The van der Waals surface area contributed by atoms with E-state index >= 15 is 0 Å². The fourth-order valence-corrected chi connectivity index (χ4v) is 5.63. The van der Waals surface area contributed by atoms with Gasteiger partial charge < -0.3 is 20.0 Å². The molecule has 1 aromatic heterocycles. The van der Waals surface area contributed by atoms with Crippen LogP contribution in [0.3, 0.4) is 0 Å². The molecule has 0 unspecified atom stereocenters. The zero-order chi connectivity index (χ0) is 22.9. The number of nitrogens with one attached hydrogen (secondary N) is 2. The summed E-state index contributed by atoms with van der Waals surface area (Å²) >= 11 is 6.59. The Morgan fingerprint density at radius 1 is 1.06 bits per heavy atom. The van der Waals surface area contributed by atoms with Crippen LogP contribution in [0.15, 0.2) is 36.0 Å². The monoisotopic (exact) mass is 481 g/mol. The number of benzene rings is 1. The van der Waals surface area contributed by atoms with Crippen molar-refractivity contribution in [2.45, 2.75) is 13.0 Å². The van der Waals surface area contributed by atoms with E-state index in [4.69, 9.17) is 12.2 Å². The highest BCUT2D eigenvalue weighted by molar-refractivity contribution is 7.80. The molecule has 9 heteroatoms. The first-order valence-corrected chi connectivity index (χ1v) is 12.5. The summed E-state index contributed by atoms with van der Waals surface area (Å²) in [6.45, 7) is 6.98. The third-order valence-corrected chi connectivity index (χ3v) is 7.69. The lowest BCUT2D eigenvalue weighted by molar-refractivity contribution is -0.115. The second-order valence-corrected chi connectivity index (χ2v) is 10.3. The number of thiophene rings is 1. The van der Waals surface area contributed by atoms with Crippen LogP contribution in [-0.4, -0.2) is 77.9 Å². The summed E-state index contributed by atoms with van der Waals surface area (Å²) in [5.74, 6) is -0.0699. The fraction of sp³-hybridized carbons (Fsp3) is 0.375. The van der Waals surface area contributed by atoms with Gasteiger partial charge in [0, 0.05) is 54.6 Å². The lowest BCUT2D eigenvalue weighted by Gasteiger charge is -2.32. The molecule has 5 rings (SSSR count). The molecular weight excluding hydrogens is 454 g/mol. The van der Waals surface area contributed by atoms with E-state index in [1.165, 1.54) is 0 Å². The van der Waals surface area contributed by atoms with Gasteiger partial charge in [-0.05, 0) is 73.7 Å². The molecule has 2 fully saturated rings. The Morgan fingerprint density at radius 2 is 1.88 bits per heavy atom. The lowest BCUT2D eigenvalue weighted by atomic mass is 10.1. The fourth-order valence-electron chi connectivity index (χ4n) is 4.48. The Morgan fingerprint density at radius 3 is 2.64 bits per heavy atom. The smallest absolute Gasteiger partial charge is 0.273 e. The average Bonchev–Trinajstić information content (AvgIpc) is 3.48. The summed E-state index contributed by atoms with van der Waals surface area (Å²) in [6, 6.07) is 10.1. The molecule has 1 aromatic carbocycles. The van der Waals surface area contributed by atoms with Crippen LogP contribution in [0.2, 0.25) is 0 Å². The summed E-state index contributed by atoms with van der Waals surface area (Å²) < 4.78 is 0. The number of carbonyl (C=O) groups is 2. The number of nitrogens with zero attached hydrogens (tertiary/aromatic N) is 3. The molecule has 2 saturated heterocycles. The van der Waals surface area contributed by atoms with Crippen LogP contribution < -0.4 is 10.6 Å². The van der Waals surface area contributed by atoms with Crippen LogP contribution in [-0.2, 0) is 11.3 Å². The number of likely N-dealkylation sites (N-methyl/N-ethyl adjacent to an activating group) is 1. The summed E-state index contributed by atoms with van der Waals surface area (Å²) in [4.78, 5) is 33.6. The number of carbonyl (C=O) groups excluding carboxylic acids is 2. The Hall–Kier alpha value is -2.59. The highest BCUT2D eigenvalue weighted by Crippen LogP contribution is 2.33. The Bertz CT molecular complexity index is 1130. The Balaban J connectivity index is 1.22. The van der Waals surface area contributed by atoms with Gasteiger partial charge in [-0.3, -0.25) is 14.9 Å². The minimum absolute atomic E-state index is 0.140. The summed E-state index contributed by atoms with van der Waals surface area (Å²) in [7, 11) is 2.17. The van der Waals surface area contributed by atoms with Gasteiger partial charge in [0.2, 0.25) is 0 Å². The van der Waals surface area contributed by atoms with Crippen LogP contribution >= 0.6 is 23.6 Å². The van der Waals surface area contributed by atoms with Gasteiger partial charge in [0.25, 0.3) is 11.8 Å². The minimum atomic E-state index is -0.210. The number of rotatable bonds is 6. The second-order valence-electron chi connectivity index (χ2n) is 8.77. The largest absolute Gasteiger partial charge is 0.334 e. The summed E-state index contributed by atoms with van der Waals surface area (Å²) in [6.07, 6.45) is 2.81. The second kappa shape index (κ2) is 9.34. The number of hydrogen-bond acceptors (Lipinski definition) is 6. The topological polar surface area (TPSA) is 67.9 Å². The zero-order valence-electron chi connectivity index (χ0n) is 18.6. The lowest BCUT2D eigenvalue weighted by Crippen LogP contribution is -2.45. The maximum atomic E-state index is 12.9. The quantitative estimate of drug-likeness (QED) is 0.488. The van der Waals surface area contributed by atoms with Gasteiger partial charge in [0.15, 0.2) is 5.11 Å². The number of thiocarbonyl (C=S) groups is 1. The molecule has 4 heterocycles. The van der Waals surface area contributed by atoms with Crippen molar-refractivity contribution in [2.75, 3.05) is 46.3 Å². The molecule has 0 atom stereocenters. The van der Waals surface area contributed by atoms with Gasteiger partial charge in [-0.25, -0.2) is 0 Å². The van der Waals surface area contributed by atoms with Crippen LogP contribution in [0.4, 0.5) is 0 Å². The average molecular weight is 482 g/mol. The first-order chi connectivity index (χ1) is 16.0. The molecule has 0 aliphatic carbocycles. The highest BCUT2D eigenvalue weighted by atomic mass is 32.1. The summed E-state index contributed by atoms with van der Waals surface area (Å²) in [5.41, 5.74) is 3.46. The van der Waals surface area contributed by atoms with E-state index in [9.17, 15) is 9.59 Å². The van der Waals surface area contributed by atoms with Crippen molar-refractivity contribution in [3.63, 3.8) is 0 Å². The third kappa shape index (κ3) is 4.86. The van der Waals surface area contributed by atoms with E-state index in [1.807, 2.05) is 29.2 Å². The predicted molar refractivity (Wildman–Crippen MR) is 135 cm³/mol. The van der Waals surface area contributed by atoms with E-state index in [0.717, 1.165) is 72.1 Å². The molecule has 2 amide bonds. The van der Waals surface area contributed by atoms with Crippen molar-refractivity contribution in [3.05, 3.63) is 52.0 Å². The number of amides is 2. The van der Waals surface area contributed by atoms with Crippen LogP contribution in [0.5, 0.6) is 0 Å².